The third-order valence-corrected chi connectivity index (χ3v) is 4.32. The molecule has 3 heteroatoms. The average molecular weight is 355 g/mol. The fraction of sp³-hybridized carbons (Fsp3) is 0.211. The molecule has 0 aliphatic heterocycles. The predicted octanol–water partition coefficient (Wildman–Crippen LogP) is 5.62. The number of imidazole rings is 1. The van der Waals surface area contributed by atoms with Gasteiger partial charge in [-0.2, -0.15) is 0 Å². The maximum atomic E-state index is 4.47. The molecule has 0 spiro atoms. The predicted molar refractivity (Wildman–Crippen MR) is 97.1 cm³/mol. The largest absolute Gasteiger partial charge is 0.298 e. The number of fused-ring (bicyclic) bond motifs is 1. The molecule has 3 rings (SSSR count). The normalized spacial score (nSPS) is 12.0. The van der Waals surface area contributed by atoms with Gasteiger partial charge in [0.15, 0.2) is 0 Å². The molecule has 2 nitrogen and oxygen atoms in total. The van der Waals surface area contributed by atoms with Crippen LogP contribution < -0.4 is 0 Å². The summed E-state index contributed by atoms with van der Waals surface area (Å²) in [6.45, 7) is 2.23. The molecule has 0 aliphatic carbocycles. The summed E-state index contributed by atoms with van der Waals surface area (Å²) >= 11 is 3.51. The van der Waals surface area contributed by atoms with Crippen LogP contribution in [-0.2, 0) is 6.42 Å². The second-order valence-electron chi connectivity index (χ2n) is 5.40. The van der Waals surface area contributed by atoms with Gasteiger partial charge in [-0.1, -0.05) is 65.7 Å². The van der Waals surface area contributed by atoms with Crippen molar-refractivity contribution >= 4 is 32.7 Å². The Balaban J connectivity index is 1.94. The first-order chi connectivity index (χ1) is 10.8. The maximum absolute atomic E-state index is 4.47. The van der Waals surface area contributed by atoms with Gasteiger partial charge in [-0.3, -0.25) is 4.57 Å². The number of nitrogens with zero attached hydrogens (tertiary/aromatic N) is 2. The van der Waals surface area contributed by atoms with Crippen LogP contribution in [0.2, 0.25) is 0 Å². The molecule has 0 saturated heterocycles. The van der Waals surface area contributed by atoms with Crippen LogP contribution in [0.5, 0.6) is 0 Å². The first-order valence-corrected chi connectivity index (χ1v) is 8.57. The topological polar surface area (TPSA) is 17.8 Å². The number of aryl methyl sites for hydroxylation is 1. The van der Waals surface area contributed by atoms with E-state index in [4.69, 9.17) is 0 Å². The van der Waals surface area contributed by atoms with Crippen molar-refractivity contribution in [3.8, 4) is 0 Å². The van der Waals surface area contributed by atoms with Crippen molar-refractivity contribution in [1.29, 1.82) is 0 Å². The Morgan fingerprint density at radius 3 is 2.64 bits per heavy atom. The zero-order chi connectivity index (χ0) is 15.4. The quantitative estimate of drug-likeness (QED) is 0.581. The van der Waals surface area contributed by atoms with Gasteiger partial charge in [-0.05, 0) is 36.1 Å². The standard InChI is InChI=1S/C19H19BrN2/c1-2-3-6-15-9-11-16(12-10-15)19(13-20)22-14-21-17-7-4-5-8-18(17)22/h4-5,7-14H,2-3,6H2,1H3. The van der Waals surface area contributed by atoms with E-state index < -0.39 is 0 Å². The van der Waals surface area contributed by atoms with Gasteiger partial charge in [0.05, 0.1) is 16.7 Å². The van der Waals surface area contributed by atoms with Crippen LogP contribution in [0.4, 0.5) is 0 Å². The fourth-order valence-electron chi connectivity index (χ4n) is 2.63. The van der Waals surface area contributed by atoms with Crippen LogP contribution >= 0.6 is 15.9 Å². The molecule has 1 heterocycles. The Labute approximate surface area is 139 Å². The molecule has 0 atom stereocenters. The van der Waals surface area contributed by atoms with Gasteiger partial charge < -0.3 is 0 Å². The number of benzene rings is 2. The summed E-state index contributed by atoms with van der Waals surface area (Å²) in [5.74, 6) is 0. The molecule has 22 heavy (non-hydrogen) atoms. The summed E-state index contributed by atoms with van der Waals surface area (Å²) in [5.41, 5.74) is 5.79. The van der Waals surface area contributed by atoms with E-state index in [0.717, 1.165) is 23.2 Å². The molecule has 0 bridgehead atoms. The smallest absolute Gasteiger partial charge is 0.100 e. The van der Waals surface area contributed by atoms with Crippen molar-refractivity contribution < 1.29 is 0 Å². The van der Waals surface area contributed by atoms with Crippen molar-refractivity contribution in [2.24, 2.45) is 0 Å². The Morgan fingerprint density at radius 1 is 1.14 bits per heavy atom. The van der Waals surface area contributed by atoms with E-state index in [1.165, 1.54) is 24.0 Å². The minimum Gasteiger partial charge on any atom is -0.298 e. The summed E-state index contributed by atoms with van der Waals surface area (Å²) < 4.78 is 2.12. The molecular weight excluding hydrogens is 336 g/mol. The molecule has 0 amide bonds. The van der Waals surface area contributed by atoms with Gasteiger partial charge in [0.2, 0.25) is 0 Å². The minimum atomic E-state index is 1.01. The van der Waals surface area contributed by atoms with Gasteiger partial charge in [-0.25, -0.2) is 4.98 Å². The van der Waals surface area contributed by atoms with Gasteiger partial charge in [0.25, 0.3) is 0 Å². The molecule has 1 aromatic heterocycles. The third-order valence-electron chi connectivity index (χ3n) is 3.89. The second kappa shape index (κ2) is 6.93. The zero-order valence-electron chi connectivity index (χ0n) is 12.7. The lowest BCUT2D eigenvalue weighted by molar-refractivity contribution is 0.795. The SMILES string of the molecule is CCCCc1ccc(C(=CBr)n2cnc3ccccc32)cc1. The van der Waals surface area contributed by atoms with E-state index in [9.17, 15) is 0 Å². The van der Waals surface area contributed by atoms with E-state index in [2.05, 4.69) is 62.7 Å². The van der Waals surface area contributed by atoms with E-state index in [-0.39, 0.29) is 0 Å². The number of unbranched alkanes of at least 4 members (excludes halogenated alkanes) is 1. The molecule has 112 valence electrons. The second-order valence-corrected chi connectivity index (χ2v) is 5.86. The Morgan fingerprint density at radius 2 is 1.91 bits per heavy atom. The molecule has 3 aromatic rings. The summed E-state index contributed by atoms with van der Waals surface area (Å²) in [5, 5.41) is 0. The summed E-state index contributed by atoms with van der Waals surface area (Å²) in [6.07, 6.45) is 5.50. The highest BCUT2D eigenvalue weighted by Crippen LogP contribution is 2.24. The van der Waals surface area contributed by atoms with E-state index >= 15 is 0 Å². The van der Waals surface area contributed by atoms with Crippen LogP contribution in [0.15, 0.2) is 59.8 Å². The van der Waals surface area contributed by atoms with Gasteiger partial charge in [0, 0.05) is 4.99 Å². The molecule has 0 saturated carbocycles. The lowest BCUT2D eigenvalue weighted by atomic mass is 10.1. The zero-order valence-corrected chi connectivity index (χ0v) is 14.3. The highest BCUT2D eigenvalue weighted by atomic mass is 79.9. The minimum absolute atomic E-state index is 1.01. The first-order valence-electron chi connectivity index (χ1n) is 7.65. The molecule has 0 N–H and O–H groups in total. The van der Waals surface area contributed by atoms with Crippen LogP contribution in [-0.4, -0.2) is 9.55 Å². The van der Waals surface area contributed by atoms with E-state index in [1.807, 2.05) is 29.5 Å². The Hall–Kier alpha value is -1.87. The Kier molecular flexibility index (Phi) is 4.74. The molecule has 0 unspecified atom stereocenters. The van der Waals surface area contributed by atoms with E-state index in [0.29, 0.717) is 0 Å². The molecule has 0 aliphatic rings. The average Bonchev–Trinajstić information content (AvgIpc) is 2.99. The first kappa shape index (κ1) is 15.0. The number of rotatable bonds is 5. The number of halogens is 1. The number of hydrogen-bond donors (Lipinski definition) is 0. The molecule has 0 fully saturated rings. The molecular formula is C19H19BrN2. The van der Waals surface area contributed by atoms with E-state index in [1.54, 1.807) is 0 Å². The number of aromatic nitrogens is 2. The lowest BCUT2D eigenvalue weighted by Gasteiger charge is -2.10. The van der Waals surface area contributed by atoms with Gasteiger partial charge in [0.1, 0.15) is 6.33 Å². The molecule has 0 radical (unpaired) electrons. The van der Waals surface area contributed by atoms with Crippen LogP contribution in [0.1, 0.15) is 30.9 Å². The monoisotopic (exact) mass is 354 g/mol. The molecule has 2 aromatic carbocycles. The van der Waals surface area contributed by atoms with Crippen LogP contribution in [0.25, 0.3) is 16.7 Å². The van der Waals surface area contributed by atoms with Crippen LogP contribution in [0, 0.1) is 0 Å². The van der Waals surface area contributed by atoms with Gasteiger partial charge in [-0.15, -0.1) is 0 Å². The lowest BCUT2D eigenvalue weighted by Crippen LogP contribution is -1.97. The van der Waals surface area contributed by atoms with Crippen molar-refractivity contribution in [3.63, 3.8) is 0 Å². The highest BCUT2D eigenvalue weighted by Gasteiger charge is 2.08. The summed E-state index contributed by atoms with van der Waals surface area (Å²) in [7, 11) is 0. The third kappa shape index (κ3) is 3.00. The van der Waals surface area contributed by atoms with Crippen molar-refractivity contribution in [2.45, 2.75) is 26.2 Å². The van der Waals surface area contributed by atoms with Gasteiger partial charge >= 0.3 is 0 Å². The van der Waals surface area contributed by atoms with Crippen molar-refractivity contribution in [3.05, 3.63) is 71.0 Å². The highest BCUT2D eigenvalue weighted by molar-refractivity contribution is 9.11. The summed E-state index contributed by atoms with van der Waals surface area (Å²) in [6, 6.07) is 17.0. The summed E-state index contributed by atoms with van der Waals surface area (Å²) in [4.78, 5) is 6.43. The number of para-hydroxylation sites is 2. The fourth-order valence-corrected chi connectivity index (χ4v) is 3.11. The van der Waals surface area contributed by atoms with Crippen LogP contribution in [0.3, 0.4) is 0 Å². The maximum Gasteiger partial charge on any atom is 0.100 e. The van der Waals surface area contributed by atoms with Crippen molar-refractivity contribution in [1.82, 2.24) is 9.55 Å². The Bertz CT molecular complexity index is 785. The van der Waals surface area contributed by atoms with Crippen molar-refractivity contribution in [2.75, 3.05) is 0 Å². The number of hydrogen-bond acceptors (Lipinski definition) is 1.